The van der Waals surface area contributed by atoms with Gasteiger partial charge in [-0.1, -0.05) is 0 Å². The van der Waals surface area contributed by atoms with Gasteiger partial charge in [0.15, 0.2) is 0 Å². The summed E-state index contributed by atoms with van der Waals surface area (Å²) in [7, 11) is 0. The first-order valence-corrected chi connectivity index (χ1v) is 1.32. The van der Waals surface area contributed by atoms with Crippen LogP contribution in [0.5, 0.6) is 0 Å². The third-order valence-corrected chi connectivity index (χ3v) is 0.236. The van der Waals surface area contributed by atoms with Crippen LogP contribution in [0.4, 0.5) is 0 Å². The van der Waals surface area contributed by atoms with Crippen molar-refractivity contribution in [1.29, 1.82) is 0 Å². The van der Waals surface area contributed by atoms with E-state index in [9.17, 15) is 0 Å². The maximum atomic E-state index is 3.42. The quantitative estimate of drug-likeness (QED) is 0.592. The van der Waals surface area contributed by atoms with Crippen LogP contribution >= 0.6 is 0 Å². The topological polar surface area (TPSA) is 0 Å². The van der Waals surface area contributed by atoms with Crippen LogP contribution in [-0.2, 0) is 0 Å². The second-order valence-corrected chi connectivity index (χ2v) is 0.569. The fourth-order valence-electron chi connectivity index (χ4n) is 0. The van der Waals surface area contributed by atoms with Gasteiger partial charge in [0.2, 0.25) is 0 Å². The van der Waals surface area contributed by atoms with E-state index in [1.165, 1.54) is 0 Å². The van der Waals surface area contributed by atoms with E-state index in [1.807, 2.05) is 13.0 Å². The van der Waals surface area contributed by atoms with Gasteiger partial charge in [-0.25, -0.2) is 19.1 Å². The van der Waals surface area contributed by atoms with Crippen molar-refractivity contribution in [2.75, 3.05) is 0 Å². The number of hydrogen-bond donors (Lipinski definition) is 0. The summed E-state index contributed by atoms with van der Waals surface area (Å²) in [5, 5.41) is 0. The normalized spacial score (nSPS) is 7.40. The molecule has 0 aromatic rings. The first kappa shape index (κ1) is 9.16. The van der Waals surface area contributed by atoms with Crippen molar-refractivity contribution in [3.8, 4) is 0 Å². The number of hydrogen-bond acceptors (Lipinski definition) is 0. The van der Waals surface area contributed by atoms with E-state index in [-0.39, 0.29) is 29.9 Å². The van der Waals surface area contributed by atoms with Crippen LogP contribution in [0.15, 0.2) is 12.2 Å². The summed E-state index contributed by atoms with van der Waals surface area (Å²) in [5.74, 6) is 0. The molecule has 0 aliphatic heterocycles. The second-order valence-electron chi connectivity index (χ2n) is 0.569. The van der Waals surface area contributed by atoms with Crippen LogP contribution in [0, 0.1) is 36.9 Å². The van der Waals surface area contributed by atoms with Crippen molar-refractivity contribution in [3.63, 3.8) is 0 Å². The van der Waals surface area contributed by atoms with Crippen LogP contribution in [0.1, 0.15) is 6.92 Å². The van der Waals surface area contributed by atoms with Gasteiger partial charge in [-0.2, -0.15) is 0 Å². The molecule has 0 saturated heterocycles. The Labute approximate surface area is 55.9 Å². The third kappa shape index (κ3) is 12.1. The van der Waals surface area contributed by atoms with E-state index in [2.05, 4.69) is 6.92 Å². The Balaban J connectivity index is 0. The minimum absolute atomic E-state index is 0. The minimum atomic E-state index is 0. The average Bonchev–Trinajstić information content (AvgIpc) is 1.37. The molecule has 0 atom stereocenters. The standard InChI is InChI=1S/C4H7.Np/c1-3-4-2;/h3-4H,1H2,2H3;/q-1;/b4-3+;. The molecule has 0 aliphatic carbocycles. The third-order valence-electron chi connectivity index (χ3n) is 0.236. The van der Waals surface area contributed by atoms with E-state index < -0.39 is 0 Å². The molecule has 29 valence electrons. The molecule has 0 aliphatic rings. The molecular formula is C4H7Np-. The molecular weight excluding hydrogens is 285 g/mol. The Kier molecular flexibility index (Phi) is 16.2. The average molecular weight is 292 g/mol. The van der Waals surface area contributed by atoms with Crippen molar-refractivity contribution in [2.24, 2.45) is 0 Å². The van der Waals surface area contributed by atoms with Gasteiger partial charge in [0.1, 0.15) is 0 Å². The number of rotatable bonds is 0. The molecule has 0 bridgehead atoms. The predicted octanol–water partition coefficient (Wildman–Crippen LogP) is 1.40. The van der Waals surface area contributed by atoms with Crippen LogP contribution in [0.2, 0.25) is 0 Å². The van der Waals surface area contributed by atoms with Gasteiger partial charge in [-0.3, -0.25) is 0 Å². The monoisotopic (exact) mass is 291 g/mol. The number of allylic oxidation sites excluding steroid dienone is 2. The van der Waals surface area contributed by atoms with Crippen LogP contribution in [-0.4, -0.2) is 0 Å². The summed E-state index contributed by atoms with van der Waals surface area (Å²) in [5.41, 5.74) is 0. The molecule has 0 amide bonds. The first-order valence-electron chi connectivity index (χ1n) is 1.32. The Morgan fingerprint density at radius 3 is 1.80 bits per heavy atom. The smallest absolute Gasteiger partial charge is 0 e. The van der Waals surface area contributed by atoms with E-state index >= 15 is 0 Å². The van der Waals surface area contributed by atoms with Gasteiger partial charge in [-0.15, -0.1) is 6.92 Å². The van der Waals surface area contributed by atoms with Gasteiger partial charge in [0, 0.05) is 29.9 Å². The first-order chi connectivity index (χ1) is 1.91. The Bertz CT molecular complexity index is 18.8. The van der Waals surface area contributed by atoms with Gasteiger partial charge in [0.25, 0.3) is 0 Å². The minimum Gasteiger partial charge on any atom is -0.245 e. The molecule has 1 radical (unpaired) electrons. The Hall–Kier alpha value is 0.623. The van der Waals surface area contributed by atoms with Gasteiger partial charge in [0.05, 0.1) is 0 Å². The van der Waals surface area contributed by atoms with Crippen molar-refractivity contribution < 1.29 is 29.9 Å². The van der Waals surface area contributed by atoms with Crippen LogP contribution in [0.3, 0.4) is 0 Å². The van der Waals surface area contributed by atoms with Crippen molar-refractivity contribution in [2.45, 2.75) is 6.92 Å². The second kappa shape index (κ2) is 8.82. The molecule has 1 heteroatoms. The molecule has 0 nitrogen and oxygen atoms in total. The summed E-state index contributed by atoms with van der Waals surface area (Å²) in [4.78, 5) is 0. The van der Waals surface area contributed by atoms with E-state index in [0.717, 1.165) is 0 Å². The van der Waals surface area contributed by atoms with E-state index in [0.29, 0.717) is 0 Å². The summed E-state index contributed by atoms with van der Waals surface area (Å²) in [6.45, 7) is 5.36. The zero-order valence-electron chi connectivity index (χ0n) is 3.31. The Morgan fingerprint density at radius 1 is 1.60 bits per heavy atom. The van der Waals surface area contributed by atoms with Crippen molar-refractivity contribution in [3.05, 3.63) is 19.1 Å². The molecule has 0 aromatic heterocycles. The molecule has 0 rings (SSSR count). The maximum Gasteiger partial charge on any atom is 0 e. The fourth-order valence-corrected chi connectivity index (χ4v) is 0. The molecule has 0 unspecified atom stereocenters. The molecule has 0 spiro atoms. The van der Waals surface area contributed by atoms with Crippen molar-refractivity contribution >= 4 is 0 Å². The molecule has 0 fully saturated rings. The summed E-state index contributed by atoms with van der Waals surface area (Å²) >= 11 is 0. The van der Waals surface area contributed by atoms with Crippen LogP contribution in [0.25, 0.3) is 0 Å². The van der Waals surface area contributed by atoms with Gasteiger partial charge in [-0.05, 0) is 0 Å². The zero-order valence-corrected chi connectivity index (χ0v) is 7.03. The molecule has 0 N–H and O–H groups in total. The van der Waals surface area contributed by atoms with E-state index in [4.69, 9.17) is 0 Å². The van der Waals surface area contributed by atoms with Crippen LogP contribution < -0.4 is 0 Å². The SMILES string of the molecule is [CH2-]/C=C/C.[Np]. The molecule has 0 saturated carbocycles. The van der Waals surface area contributed by atoms with E-state index in [1.54, 1.807) is 6.08 Å². The molecule has 0 aromatic carbocycles. The molecule has 0 heterocycles. The predicted molar refractivity (Wildman–Crippen MR) is 20.2 cm³/mol. The fraction of sp³-hybridized carbons (Fsp3) is 0.250. The Morgan fingerprint density at radius 2 is 1.80 bits per heavy atom. The maximum absolute atomic E-state index is 3.42. The van der Waals surface area contributed by atoms with Gasteiger partial charge < -0.3 is 0 Å². The summed E-state index contributed by atoms with van der Waals surface area (Å²) in [6.07, 6.45) is 3.64. The van der Waals surface area contributed by atoms with Crippen molar-refractivity contribution in [1.82, 2.24) is 0 Å². The molecule has 5 heavy (non-hydrogen) atoms. The largest absolute Gasteiger partial charge is 0.245 e. The zero-order chi connectivity index (χ0) is 3.41. The van der Waals surface area contributed by atoms with Gasteiger partial charge >= 0.3 is 0 Å². The summed E-state index contributed by atoms with van der Waals surface area (Å²) in [6, 6.07) is 0. The summed E-state index contributed by atoms with van der Waals surface area (Å²) < 4.78 is 0.